The molecule has 0 spiro atoms. The zero-order chi connectivity index (χ0) is 59.0. The van der Waals surface area contributed by atoms with Gasteiger partial charge in [0, 0.05) is 6.42 Å². The molecule has 3 aliphatic heterocycles. The average Bonchev–Trinajstić information content (AvgIpc) is 3.57. The van der Waals surface area contributed by atoms with Crippen LogP contribution in [0.2, 0.25) is 0 Å². The number of rotatable bonds is 41. The summed E-state index contributed by atoms with van der Waals surface area (Å²) in [5.74, 6) is -0.322. The first-order valence-electron chi connectivity index (χ1n) is 29.6. The van der Waals surface area contributed by atoms with Crippen molar-refractivity contribution in [3.8, 4) is 0 Å². The molecule has 0 saturated carbocycles. The summed E-state index contributed by atoms with van der Waals surface area (Å²) < 4.78 is 34.2. The number of ether oxygens (including phenoxy) is 6. The van der Waals surface area contributed by atoms with Gasteiger partial charge in [-0.2, -0.15) is 0 Å². The van der Waals surface area contributed by atoms with Gasteiger partial charge in [0.05, 0.1) is 38.6 Å². The van der Waals surface area contributed by atoms with Crippen molar-refractivity contribution in [3.05, 3.63) is 109 Å². The topological polar surface area (TPSA) is 307 Å². The van der Waals surface area contributed by atoms with Crippen molar-refractivity contribution in [1.29, 1.82) is 0 Å². The molecular formula is C62H101NO18. The zero-order valence-corrected chi connectivity index (χ0v) is 48.0. The smallest absolute Gasteiger partial charge is 0.220 e. The molecular weight excluding hydrogens is 1050 g/mol. The Morgan fingerprint density at radius 1 is 0.457 bits per heavy atom. The fourth-order valence-corrected chi connectivity index (χ4v) is 9.16. The molecule has 3 aliphatic rings. The molecule has 3 fully saturated rings. The van der Waals surface area contributed by atoms with Gasteiger partial charge < -0.3 is 89.9 Å². The van der Waals surface area contributed by atoms with Crippen LogP contribution in [-0.2, 0) is 33.2 Å². The molecule has 462 valence electrons. The first-order chi connectivity index (χ1) is 39.3. The monoisotopic (exact) mass is 1150 g/mol. The molecule has 3 saturated heterocycles. The van der Waals surface area contributed by atoms with Crippen molar-refractivity contribution in [2.24, 2.45) is 0 Å². The number of unbranched alkanes of at least 4 members (excludes halogenated alkanes) is 9. The summed E-state index contributed by atoms with van der Waals surface area (Å²) >= 11 is 0. The Bertz CT molecular complexity index is 1900. The first kappa shape index (κ1) is 71.7. The van der Waals surface area contributed by atoms with Gasteiger partial charge in [0.25, 0.3) is 0 Å². The molecule has 17 atom stereocenters. The molecule has 81 heavy (non-hydrogen) atoms. The highest BCUT2D eigenvalue weighted by atomic mass is 16.8. The molecule has 0 aromatic heterocycles. The van der Waals surface area contributed by atoms with Gasteiger partial charge in [0.15, 0.2) is 18.9 Å². The van der Waals surface area contributed by atoms with E-state index in [0.717, 1.165) is 89.9 Å². The van der Waals surface area contributed by atoms with Crippen LogP contribution in [0, 0.1) is 0 Å². The van der Waals surface area contributed by atoms with Crippen LogP contribution < -0.4 is 5.32 Å². The van der Waals surface area contributed by atoms with Crippen molar-refractivity contribution >= 4 is 5.91 Å². The first-order valence-corrected chi connectivity index (χ1v) is 29.6. The fraction of sp³-hybridized carbons (Fsp3) is 0.694. The Morgan fingerprint density at radius 3 is 1.37 bits per heavy atom. The molecule has 1 amide bonds. The van der Waals surface area contributed by atoms with Crippen LogP contribution in [0.5, 0.6) is 0 Å². The van der Waals surface area contributed by atoms with E-state index in [4.69, 9.17) is 28.4 Å². The lowest BCUT2D eigenvalue weighted by Gasteiger charge is -2.48. The molecule has 12 N–H and O–H groups in total. The van der Waals surface area contributed by atoms with Crippen molar-refractivity contribution in [1.82, 2.24) is 5.32 Å². The van der Waals surface area contributed by atoms with Crippen molar-refractivity contribution in [3.63, 3.8) is 0 Å². The number of hydrogen-bond donors (Lipinski definition) is 12. The van der Waals surface area contributed by atoms with Crippen molar-refractivity contribution < 1.29 is 89.4 Å². The minimum absolute atomic E-state index is 0.194. The van der Waals surface area contributed by atoms with Crippen LogP contribution in [0.15, 0.2) is 109 Å². The highest BCUT2D eigenvalue weighted by Crippen LogP contribution is 2.33. The summed E-state index contributed by atoms with van der Waals surface area (Å²) in [4.78, 5) is 13.3. The molecule has 0 aromatic carbocycles. The lowest BCUT2D eigenvalue weighted by Crippen LogP contribution is -2.66. The summed E-state index contributed by atoms with van der Waals surface area (Å²) in [7, 11) is 0. The number of carbonyl (C=O) groups excluding carboxylic acids is 1. The Labute approximate surface area is 481 Å². The SMILES string of the molecule is CC/C=C\C/C=C\C/C=C\C/C=C\C/C=C\C/C=C\CCCCCCC(=O)NC(COC1OC(CO)C(OC2OC(CO)C(OC3OC(CO)C(O)C(O)C3O)C(O)C2O)C(O)C1O)C(O)/C=C/CC/C=C/CC/C=C/CCCCC. The van der Waals surface area contributed by atoms with E-state index in [1.54, 1.807) is 6.08 Å². The number of aliphatic hydroxyl groups excluding tert-OH is 11. The quantitative estimate of drug-likeness (QED) is 0.0278. The molecule has 3 rings (SSSR count). The Morgan fingerprint density at radius 2 is 0.864 bits per heavy atom. The van der Waals surface area contributed by atoms with Gasteiger partial charge in [0.1, 0.15) is 73.2 Å². The van der Waals surface area contributed by atoms with E-state index < -0.39 is 131 Å². The van der Waals surface area contributed by atoms with Gasteiger partial charge in [-0.3, -0.25) is 4.79 Å². The molecule has 0 radical (unpaired) electrons. The molecule has 0 aromatic rings. The number of allylic oxidation sites excluding steroid dienone is 17. The predicted octanol–water partition coefficient (Wildman–Crippen LogP) is 5.14. The molecule has 17 unspecified atom stereocenters. The van der Waals surface area contributed by atoms with Crippen LogP contribution in [0.25, 0.3) is 0 Å². The van der Waals surface area contributed by atoms with Crippen LogP contribution >= 0.6 is 0 Å². The molecule has 0 bridgehead atoms. The molecule has 0 aliphatic carbocycles. The van der Waals surface area contributed by atoms with Gasteiger partial charge in [-0.25, -0.2) is 0 Å². The number of aliphatic hydroxyl groups is 11. The lowest BCUT2D eigenvalue weighted by molar-refractivity contribution is -0.379. The van der Waals surface area contributed by atoms with E-state index >= 15 is 0 Å². The second-order valence-corrected chi connectivity index (χ2v) is 20.7. The van der Waals surface area contributed by atoms with Crippen LogP contribution in [0.1, 0.15) is 142 Å². The highest BCUT2D eigenvalue weighted by Gasteiger charge is 2.53. The summed E-state index contributed by atoms with van der Waals surface area (Å²) in [6.45, 7) is 1.48. The maximum absolute atomic E-state index is 13.3. The number of nitrogens with one attached hydrogen (secondary N) is 1. The third-order valence-electron chi connectivity index (χ3n) is 14.0. The summed E-state index contributed by atoms with van der Waals surface area (Å²) in [5, 5.41) is 120. The van der Waals surface area contributed by atoms with E-state index in [9.17, 15) is 61.0 Å². The summed E-state index contributed by atoms with van der Waals surface area (Å²) in [6.07, 6.45) is 29.3. The van der Waals surface area contributed by atoms with Gasteiger partial charge in [0.2, 0.25) is 5.91 Å². The third-order valence-corrected chi connectivity index (χ3v) is 14.0. The zero-order valence-electron chi connectivity index (χ0n) is 48.0. The molecule has 19 heteroatoms. The minimum Gasteiger partial charge on any atom is -0.394 e. The normalized spacial score (nSPS) is 30.6. The number of hydrogen-bond acceptors (Lipinski definition) is 18. The maximum atomic E-state index is 13.3. The van der Waals surface area contributed by atoms with Gasteiger partial charge >= 0.3 is 0 Å². The Balaban J connectivity index is 1.51. The summed E-state index contributed by atoms with van der Waals surface area (Å²) in [6, 6.07) is -1.02. The van der Waals surface area contributed by atoms with Crippen molar-refractivity contribution in [2.75, 3.05) is 26.4 Å². The van der Waals surface area contributed by atoms with E-state index in [0.29, 0.717) is 12.8 Å². The standard InChI is InChI=1S/C62H101NO18/c1-3-5-7-9-11-13-15-17-18-19-20-21-22-23-24-25-26-28-30-32-34-36-38-40-50(68)63-45(46(67)39-37-35-33-31-29-27-16-14-12-10-8-6-4-2)44-76-60-56(74)53(71)58(48(42-65)78-60)81-62-57(75)54(72)59(49(43-66)79-62)80-61-55(73)52(70)51(69)47(41-64)77-61/h5,7,11-14,17-18,20-21,23-24,26,28-29,31,37,39,45-49,51-62,64-67,69-75H,3-4,6,8-10,15-16,19,22,25,27,30,32-36,38,40-44H2,1-2H3,(H,63,68)/b7-5-,13-11-,14-12+,18-17-,21-20-,24-23-,28-26-,31-29+,39-37+. The minimum atomic E-state index is -1.99. The predicted molar refractivity (Wildman–Crippen MR) is 309 cm³/mol. The van der Waals surface area contributed by atoms with Crippen LogP contribution in [-0.4, -0.2) is 193 Å². The molecule has 3 heterocycles. The Hall–Kier alpha value is -3.55. The van der Waals surface area contributed by atoms with E-state index in [1.807, 2.05) is 6.08 Å². The Kier molecular flexibility index (Phi) is 39.0. The summed E-state index contributed by atoms with van der Waals surface area (Å²) in [5.41, 5.74) is 0. The number of carbonyl (C=O) groups is 1. The lowest BCUT2D eigenvalue weighted by atomic mass is 9.96. The van der Waals surface area contributed by atoms with Crippen LogP contribution in [0.4, 0.5) is 0 Å². The van der Waals surface area contributed by atoms with Gasteiger partial charge in [-0.1, -0.05) is 149 Å². The molecule has 19 nitrogen and oxygen atoms in total. The van der Waals surface area contributed by atoms with E-state index in [2.05, 4.69) is 116 Å². The second-order valence-electron chi connectivity index (χ2n) is 20.7. The largest absolute Gasteiger partial charge is 0.394 e. The van der Waals surface area contributed by atoms with Crippen molar-refractivity contribution in [2.45, 2.75) is 247 Å². The van der Waals surface area contributed by atoms with E-state index in [-0.39, 0.29) is 12.3 Å². The third kappa shape index (κ3) is 27.8. The number of amides is 1. The van der Waals surface area contributed by atoms with Crippen LogP contribution in [0.3, 0.4) is 0 Å². The maximum Gasteiger partial charge on any atom is 0.220 e. The van der Waals surface area contributed by atoms with Gasteiger partial charge in [-0.15, -0.1) is 0 Å². The highest BCUT2D eigenvalue weighted by molar-refractivity contribution is 5.76. The average molecular weight is 1150 g/mol. The second kappa shape index (κ2) is 44.0. The fourth-order valence-electron chi connectivity index (χ4n) is 9.16. The van der Waals surface area contributed by atoms with Gasteiger partial charge in [-0.05, 0) is 96.3 Å². The van der Waals surface area contributed by atoms with E-state index in [1.165, 1.54) is 19.3 Å².